The van der Waals surface area contributed by atoms with E-state index in [2.05, 4.69) is 5.32 Å². The fraction of sp³-hybridized carbons (Fsp3) is 0.750. The second-order valence-corrected chi connectivity index (χ2v) is 4.92. The first kappa shape index (κ1) is 8.66. The van der Waals surface area contributed by atoms with Gasteiger partial charge in [-0.25, -0.2) is 0 Å². The lowest BCUT2D eigenvalue weighted by Crippen LogP contribution is -2.42. The number of carbonyl (C=O) groups excluding carboxylic acids is 1. The lowest BCUT2D eigenvalue weighted by molar-refractivity contribution is -0.119. The summed E-state index contributed by atoms with van der Waals surface area (Å²) in [4.78, 5) is 11.4. The smallest absolute Gasteiger partial charge is 0.137 e. The van der Waals surface area contributed by atoms with Gasteiger partial charge in [-0.1, -0.05) is 11.1 Å². The molecule has 0 aromatic rings. The molecule has 0 radical (unpaired) electrons. The van der Waals surface area contributed by atoms with Crippen molar-refractivity contribution in [1.29, 1.82) is 0 Å². The van der Waals surface area contributed by atoms with E-state index in [4.69, 9.17) is 0 Å². The summed E-state index contributed by atoms with van der Waals surface area (Å²) in [5, 5.41) is 3.58. The van der Waals surface area contributed by atoms with Crippen molar-refractivity contribution in [3.05, 3.63) is 11.1 Å². The van der Waals surface area contributed by atoms with E-state index >= 15 is 0 Å². The molecule has 1 heterocycles. The van der Waals surface area contributed by atoms with E-state index in [1.54, 1.807) is 11.1 Å². The van der Waals surface area contributed by atoms with Crippen molar-refractivity contribution in [2.75, 3.05) is 6.54 Å². The molecule has 2 aliphatic carbocycles. The third-order valence-corrected chi connectivity index (χ3v) is 4.03. The van der Waals surface area contributed by atoms with Crippen LogP contribution in [0.5, 0.6) is 0 Å². The van der Waals surface area contributed by atoms with E-state index in [-0.39, 0.29) is 0 Å². The van der Waals surface area contributed by atoms with Gasteiger partial charge in [-0.2, -0.15) is 0 Å². The minimum absolute atomic E-state index is 0.473. The number of nitrogens with one attached hydrogen (secondary N) is 1. The topological polar surface area (TPSA) is 29.1 Å². The predicted molar refractivity (Wildman–Crippen MR) is 55.0 cm³/mol. The van der Waals surface area contributed by atoms with Gasteiger partial charge in [0.1, 0.15) is 5.78 Å². The van der Waals surface area contributed by atoms with Crippen LogP contribution in [0.1, 0.15) is 38.5 Å². The Labute approximate surface area is 84.8 Å². The number of ketones is 1. The maximum absolute atomic E-state index is 11.4. The molecule has 0 amide bonds. The number of allylic oxidation sites excluding steroid dienone is 1. The highest BCUT2D eigenvalue weighted by molar-refractivity contribution is 5.83. The summed E-state index contributed by atoms with van der Waals surface area (Å²) in [6.45, 7) is 1.15. The SMILES string of the molecule is O=C1CCC2=C(C1)C1CCNC(C2)C1. The fourth-order valence-corrected chi connectivity index (χ4v) is 3.32. The molecule has 1 aliphatic heterocycles. The Kier molecular flexibility index (Phi) is 1.98. The molecular weight excluding hydrogens is 174 g/mol. The summed E-state index contributed by atoms with van der Waals surface area (Å²) in [7, 11) is 0. The molecular formula is C12H17NO. The summed E-state index contributed by atoms with van der Waals surface area (Å²) in [6, 6.07) is 0.723. The molecule has 14 heavy (non-hydrogen) atoms. The molecule has 0 saturated carbocycles. The van der Waals surface area contributed by atoms with Gasteiger partial charge in [-0.15, -0.1) is 0 Å². The quantitative estimate of drug-likeness (QED) is 0.592. The van der Waals surface area contributed by atoms with Gasteiger partial charge in [0.05, 0.1) is 0 Å². The third-order valence-electron chi connectivity index (χ3n) is 4.03. The molecule has 0 aromatic heterocycles. The molecule has 0 spiro atoms. The minimum Gasteiger partial charge on any atom is -0.314 e. The lowest BCUT2D eigenvalue weighted by atomic mass is 9.71. The number of hydrogen-bond acceptors (Lipinski definition) is 2. The third kappa shape index (κ3) is 1.33. The number of rotatable bonds is 0. The van der Waals surface area contributed by atoms with Crippen LogP contribution in [0, 0.1) is 5.92 Å². The average molecular weight is 191 g/mol. The van der Waals surface area contributed by atoms with Crippen LogP contribution < -0.4 is 5.32 Å². The normalized spacial score (nSPS) is 37.0. The highest BCUT2D eigenvalue weighted by atomic mass is 16.1. The molecule has 1 fully saturated rings. The van der Waals surface area contributed by atoms with Crippen LogP contribution >= 0.6 is 0 Å². The Balaban J connectivity index is 1.92. The van der Waals surface area contributed by atoms with E-state index in [1.807, 2.05) is 0 Å². The van der Waals surface area contributed by atoms with Crippen LogP contribution in [0.2, 0.25) is 0 Å². The fourth-order valence-electron chi connectivity index (χ4n) is 3.32. The molecule has 2 unspecified atom stereocenters. The van der Waals surface area contributed by atoms with Gasteiger partial charge < -0.3 is 5.32 Å². The molecule has 3 rings (SSSR count). The van der Waals surface area contributed by atoms with E-state index in [9.17, 15) is 4.79 Å². The number of hydrogen-bond donors (Lipinski definition) is 1. The standard InChI is InChI=1S/C12H17NO/c14-11-2-1-8-5-10-6-9(3-4-13-10)12(8)7-11/h9-10,13H,1-7H2. The van der Waals surface area contributed by atoms with Gasteiger partial charge in [0.25, 0.3) is 0 Å². The Morgan fingerprint density at radius 2 is 2.21 bits per heavy atom. The number of carbonyl (C=O) groups is 1. The Bertz CT molecular complexity index is 305. The lowest BCUT2D eigenvalue weighted by Gasteiger charge is -2.40. The zero-order valence-electron chi connectivity index (χ0n) is 8.51. The van der Waals surface area contributed by atoms with Crippen molar-refractivity contribution in [2.24, 2.45) is 5.92 Å². The summed E-state index contributed by atoms with van der Waals surface area (Å²) >= 11 is 0. The van der Waals surface area contributed by atoms with Gasteiger partial charge >= 0.3 is 0 Å². The number of fused-ring (bicyclic) bond motifs is 3. The molecule has 0 aromatic carbocycles. The second kappa shape index (κ2) is 3.20. The van der Waals surface area contributed by atoms with E-state index in [0.29, 0.717) is 5.78 Å². The Morgan fingerprint density at radius 1 is 1.29 bits per heavy atom. The van der Waals surface area contributed by atoms with Gasteiger partial charge in [0.2, 0.25) is 0 Å². The molecule has 76 valence electrons. The first-order valence-electron chi connectivity index (χ1n) is 5.79. The first-order chi connectivity index (χ1) is 6.83. The van der Waals surface area contributed by atoms with Crippen LogP contribution in [0.25, 0.3) is 0 Å². The zero-order chi connectivity index (χ0) is 9.54. The van der Waals surface area contributed by atoms with Crippen molar-refractivity contribution in [3.63, 3.8) is 0 Å². The first-order valence-corrected chi connectivity index (χ1v) is 5.79. The predicted octanol–water partition coefficient (Wildman–Crippen LogP) is 1.81. The van der Waals surface area contributed by atoms with Crippen LogP contribution in [0.4, 0.5) is 0 Å². The highest BCUT2D eigenvalue weighted by Gasteiger charge is 2.34. The maximum atomic E-state index is 11.4. The van der Waals surface area contributed by atoms with Crippen molar-refractivity contribution in [2.45, 2.75) is 44.6 Å². The number of Topliss-reactive ketones (excluding diaryl/α,β-unsaturated/α-hetero) is 1. The van der Waals surface area contributed by atoms with E-state index in [1.165, 1.54) is 19.3 Å². The van der Waals surface area contributed by atoms with Crippen molar-refractivity contribution in [3.8, 4) is 0 Å². The maximum Gasteiger partial charge on any atom is 0.137 e. The largest absolute Gasteiger partial charge is 0.314 e. The zero-order valence-corrected chi connectivity index (χ0v) is 8.51. The van der Waals surface area contributed by atoms with Crippen LogP contribution in [0.3, 0.4) is 0 Å². The van der Waals surface area contributed by atoms with Gasteiger partial charge in [-0.05, 0) is 38.1 Å². The summed E-state index contributed by atoms with van der Waals surface area (Å²) in [5.41, 5.74) is 3.16. The summed E-state index contributed by atoms with van der Waals surface area (Å²) < 4.78 is 0. The number of piperidine rings is 1. The molecule has 2 atom stereocenters. The van der Waals surface area contributed by atoms with Gasteiger partial charge in [0.15, 0.2) is 0 Å². The van der Waals surface area contributed by atoms with Crippen molar-refractivity contribution < 1.29 is 4.79 Å². The Morgan fingerprint density at radius 3 is 3.14 bits per heavy atom. The van der Waals surface area contributed by atoms with E-state index in [0.717, 1.165) is 37.8 Å². The summed E-state index contributed by atoms with van der Waals surface area (Å²) in [6.07, 6.45) is 6.40. The molecule has 3 aliphatic rings. The van der Waals surface area contributed by atoms with Crippen LogP contribution in [-0.2, 0) is 4.79 Å². The van der Waals surface area contributed by atoms with Crippen molar-refractivity contribution in [1.82, 2.24) is 5.32 Å². The van der Waals surface area contributed by atoms with Crippen LogP contribution in [0.15, 0.2) is 11.1 Å². The van der Waals surface area contributed by atoms with Crippen LogP contribution in [-0.4, -0.2) is 18.4 Å². The molecule has 2 nitrogen and oxygen atoms in total. The second-order valence-electron chi connectivity index (χ2n) is 4.92. The molecule has 1 N–H and O–H groups in total. The monoisotopic (exact) mass is 191 g/mol. The Hall–Kier alpha value is -0.630. The van der Waals surface area contributed by atoms with Gasteiger partial charge in [-0.3, -0.25) is 4.79 Å². The summed E-state index contributed by atoms with van der Waals surface area (Å²) in [5.74, 6) is 1.22. The minimum atomic E-state index is 0.473. The molecule has 2 bridgehead atoms. The van der Waals surface area contributed by atoms with E-state index < -0.39 is 0 Å². The molecule has 1 saturated heterocycles. The molecule has 2 heteroatoms. The highest BCUT2D eigenvalue weighted by Crippen LogP contribution is 2.41. The van der Waals surface area contributed by atoms with Crippen molar-refractivity contribution >= 4 is 5.78 Å². The average Bonchev–Trinajstić information content (AvgIpc) is 2.20. The van der Waals surface area contributed by atoms with Gasteiger partial charge in [0, 0.05) is 18.9 Å².